The smallest absolute Gasteiger partial charge is 0.347 e. The fourth-order valence-corrected chi connectivity index (χ4v) is 2.27. The molecule has 0 atom stereocenters. The fourth-order valence-electron chi connectivity index (χ4n) is 2.27. The molecule has 3 rings (SSSR count). The van der Waals surface area contributed by atoms with Crippen LogP contribution in [0.15, 0.2) is 69.9 Å². The van der Waals surface area contributed by atoms with Crippen LogP contribution in [0.1, 0.15) is 21.5 Å². The topological polar surface area (TPSA) is 47.3 Å². The largest absolute Gasteiger partial charge is 0.422 e. The van der Waals surface area contributed by atoms with Gasteiger partial charge in [0.2, 0.25) is 0 Å². The van der Waals surface area contributed by atoms with E-state index < -0.39 is 5.63 Å². The number of para-hydroxylation sites is 1. The van der Waals surface area contributed by atoms with E-state index in [1.165, 1.54) is 6.08 Å². The van der Waals surface area contributed by atoms with Gasteiger partial charge in [0, 0.05) is 5.39 Å². The Morgan fingerprint density at radius 1 is 1.05 bits per heavy atom. The van der Waals surface area contributed by atoms with Crippen LogP contribution in [-0.2, 0) is 0 Å². The molecule has 108 valence electrons. The maximum atomic E-state index is 12.2. The van der Waals surface area contributed by atoms with Crippen molar-refractivity contribution in [1.29, 1.82) is 0 Å². The van der Waals surface area contributed by atoms with Gasteiger partial charge in [0.25, 0.3) is 0 Å². The minimum absolute atomic E-state index is 0.0441. The van der Waals surface area contributed by atoms with Gasteiger partial charge in [0.1, 0.15) is 11.1 Å². The predicted octanol–water partition coefficient (Wildman–Crippen LogP) is 4.00. The predicted molar refractivity (Wildman–Crippen MR) is 87.0 cm³/mol. The quantitative estimate of drug-likeness (QED) is 0.416. The second-order valence-corrected chi connectivity index (χ2v) is 5.10. The molecule has 0 N–H and O–H groups in total. The van der Waals surface area contributed by atoms with Crippen LogP contribution in [0.4, 0.5) is 0 Å². The number of carbonyl (C=O) groups excluding carboxylic acids is 1. The summed E-state index contributed by atoms with van der Waals surface area (Å²) in [5.41, 5.74) is 1.94. The van der Waals surface area contributed by atoms with Crippen molar-refractivity contribution in [3.8, 4) is 0 Å². The van der Waals surface area contributed by atoms with Crippen LogP contribution >= 0.6 is 0 Å². The zero-order valence-electron chi connectivity index (χ0n) is 12.1. The number of allylic oxidation sites excluding steroid dienone is 1. The SMILES string of the molecule is Cc1cccc(C=CC(=O)c2cc3ccccc3oc2=O)c1. The highest BCUT2D eigenvalue weighted by Crippen LogP contribution is 2.13. The van der Waals surface area contributed by atoms with Gasteiger partial charge < -0.3 is 4.42 Å². The van der Waals surface area contributed by atoms with Crippen molar-refractivity contribution in [3.05, 3.63) is 87.8 Å². The van der Waals surface area contributed by atoms with Crippen LogP contribution in [0, 0.1) is 6.92 Å². The molecule has 2 aromatic carbocycles. The third kappa shape index (κ3) is 2.88. The number of carbonyl (C=O) groups is 1. The van der Waals surface area contributed by atoms with Gasteiger partial charge in [-0.15, -0.1) is 0 Å². The van der Waals surface area contributed by atoms with E-state index in [-0.39, 0.29) is 11.3 Å². The molecule has 3 nitrogen and oxygen atoms in total. The van der Waals surface area contributed by atoms with Crippen molar-refractivity contribution in [2.45, 2.75) is 6.92 Å². The number of benzene rings is 2. The van der Waals surface area contributed by atoms with Gasteiger partial charge in [-0.3, -0.25) is 4.79 Å². The number of hydrogen-bond acceptors (Lipinski definition) is 3. The standard InChI is InChI=1S/C19H14O3/c1-13-5-4-6-14(11-13)9-10-17(20)16-12-15-7-2-3-8-18(15)22-19(16)21/h2-12H,1H3. The first kappa shape index (κ1) is 14.0. The summed E-state index contributed by atoms with van der Waals surface area (Å²) in [6.07, 6.45) is 3.10. The summed E-state index contributed by atoms with van der Waals surface area (Å²) >= 11 is 0. The van der Waals surface area contributed by atoms with E-state index in [1.54, 1.807) is 30.3 Å². The third-order valence-corrected chi connectivity index (χ3v) is 3.38. The molecule has 0 amide bonds. The zero-order valence-corrected chi connectivity index (χ0v) is 12.1. The van der Waals surface area contributed by atoms with E-state index in [4.69, 9.17) is 4.42 Å². The second kappa shape index (κ2) is 5.82. The summed E-state index contributed by atoms with van der Waals surface area (Å²) in [4.78, 5) is 24.1. The van der Waals surface area contributed by atoms with Crippen LogP contribution in [-0.4, -0.2) is 5.78 Å². The Morgan fingerprint density at radius 3 is 2.68 bits per heavy atom. The van der Waals surface area contributed by atoms with Crippen LogP contribution in [0.3, 0.4) is 0 Å². The molecule has 22 heavy (non-hydrogen) atoms. The van der Waals surface area contributed by atoms with Crippen molar-refractivity contribution in [2.24, 2.45) is 0 Å². The maximum Gasteiger partial charge on any atom is 0.347 e. The van der Waals surface area contributed by atoms with Gasteiger partial charge in [-0.25, -0.2) is 4.79 Å². The van der Waals surface area contributed by atoms with Gasteiger partial charge in [-0.1, -0.05) is 54.1 Å². The average Bonchev–Trinajstić information content (AvgIpc) is 2.52. The normalized spacial score (nSPS) is 11.1. The minimum Gasteiger partial charge on any atom is -0.422 e. The summed E-state index contributed by atoms with van der Waals surface area (Å²) in [6, 6.07) is 16.5. The van der Waals surface area contributed by atoms with Gasteiger partial charge in [0.05, 0.1) is 0 Å². The molecule has 0 spiro atoms. The summed E-state index contributed by atoms with van der Waals surface area (Å²) in [5, 5.41) is 0.731. The van der Waals surface area contributed by atoms with Crippen molar-refractivity contribution >= 4 is 22.8 Å². The molecule has 0 bridgehead atoms. The summed E-state index contributed by atoms with van der Waals surface area (Å²) in [5.74, 6) is -0.360. The van der Waals surface area contributed by atoms with Gasteiger partial charge in [0.15, 0.2) is 5.78 Å². The second-order valence-electron chi connectivity index (χ2n) is 5.10. The van der Waals surface area contributed by atoms with Crippen molar-refractivity contribution in [3.63, 3.8) is 0 Å². The molecule has 1 aromatic heterocycles. The molecule has 0 aliphatic heterocycles. The molecule has 0 fully saturated rings. The Bertz CT molecular complexity index is 933. The molecule has 0 radical (unpaired) electrons. The molecule has 1 heterocycles. The van der Waals surface area contributed by atoms with Gasteiger partial charge in [-0.05, 0) is 30.7 Å². The molecule has 0 unspecified atom stereocenters. The van der Waals surface area contributed by atoms with Gasteiger partial charge in [-0.2, -0.15) is 0 Å². The van der Waals surface area contributed by atoms with Gasteiger partial charge >= 0.3 is 5.63 Å². The minimum atomic E-state index is -0.613. The van der Waals surface area contributed by atoms with E-state index >= 15 is 0 Å². The van der Waals surface area contributed by atoms with Crippen LogP contribution in [0.5, 0.6) is 0 Å². The Morgan fingerprint density at radius 2 is 1.86 bits per heavy atom. The molecule has 0 aliphatic rings. The van der Waals surface area contributed by atoms with Crippen LogP contribution in [0.2, 0.25) is 0 Å². The monoisotopic (exact) mass is 290 g/mol. The summed E-state index contributed by atoms with van der Waals surface area (Å²) in [6.45, 7) is 1.98. The van der Waals surface area contributed by atoms with E-state index in [0.717, 1.165) is 16.5 Å². The lowest BCUT2D eigenvalue weighted by Crippen LogP contribution is -2.11. The number of aryl methyl sites for hydroxylation is 1. The third-order valence-electron chi connectivity index (χ3n) is 3.38. The zero-order chi connectivity index (χ0) is 15.5. The highest BCUT2D eigenvalue weighted by atomic mass is 16.4. The number of hydrogen-bond donors (Lipinski definition) is 0. The number of ketones is 1. The highest BCUT2D eigenvalue weighted by Gasteiger charge is 2.10. The van der Waals surface area contributed by atoms with Crippen molar-refractivity contribution < 1.29 is 9.21 Å². The lowest BCUT2D eigenvalue weighted by molar-refractivity contribution is 0.104. The molecule has 3 aromatic rings. The Balaban J connectivity index is 1.95. The lowest BCUT2D eigenvalue weighted by Gasteiger charge is -1.99. The van der Waals surface area contributed by atoms with E-state index in [1.807, 2.05) is 37.3 Å². The molecular formula is C19H14O3. The maximum absolute atomic E-state index is 12.2. The van der Waals surface area contributed by atoms with Crippen molar-refractivity contribution in [2.75, 3.05) is 0 Å². The summed E-state index contributed by atoms with van der Waals surface area (Å²) < 4.78 is 5.17. The fraction of sp³-hybridized carbons (Fsp3) is 0.0526. The van der Waals surface area contributed by atoms with Crippen molar-refractivity contribution in [1.82, 2.24) is 0 Å². The first-order valence-electron chi connectivity index (χ1n) is 6.95. The Labute approximate surface area is 127 Å². The molecular weight excluding hydrogens is 276 g/mol. The molecule has 0 aliphatic carbocycles. The average molecular weight is 290 g/mol. The lowest BCUT2D eigenvalue weighted by atomic mass is 10.1. The van der Waals surface area contributed by atoms with E-state index in [9.17, 15) is 9.59 Å². The highest BCUT2D eigenvalue weighted by molar-refractivity contribution is 6.07. The van der Waals surface area contributed by atoms with E-state index in [0.29, 0.717) is 5.58 Å². The number of rotatable bonds is 3. The van der Waals surface area contributed by atoms with E-state index in [2.05, 4.69) is 0 Å². The Kier molecular flexibility index (Phi) is 3.71. The first-order chi connectivity index (χ1) is 10.6. The Hall–Kier alpha value is -2.94. The molecule has 0 saturated heterocycles. The van der Waals surface area contributed by atoms with Crippen LogP contribution < -0.4 is 5.63 Å². The van der Waals surface area contributed by atoms with Crippen LogP contribution in [0.25, 0.3) is 17.0 Å². The number of fused-ring (bicyclic) bond motifs is 1. The first-order valence-corrected chi connectivity index (χ1v) is 6.95. The summed E-state index contributed by atoms with van der Waals surface area (Å²) in [7, 11) is 0. The molecule has 3 heteroatoms. The molecule has 0 saturated carbocycles.